The Morgan fingerprint density at radius 3 is 3.14 bits per heavy atom. The predicted molar refractivity (Wildman–Crippen MR) is 48.0 cm³/mol. The molecule has 0 bridgehead atoms. The molecule has 1 aromatic heterocycles. The van der Waals surface area contributed by atoms with Crippen molar-refractivity contribution in [1.82, 2.24) is 20.1 Å². The number of nitrogens with one attached hydrogen (secondary N) is 1. The van der Waals surface area contributed by atoms with E-state index in [1.807, 2.05) is 6.92 Å². The Morgan fingerprint density at radius 1 is 1.71 bits per heavy atom. The quantitative estimate of drug-likeness (QED) is 0.697. The maximum absolute atomic E-state index is 10.8. The molecule has 0 amide bonds. The lowest BCUT2D eigenvalue weighted by atomic mass is 10.2. The molecule has 6 nitrogen and oxygen atoms in total. The van der Waals surface area contributed by atoms with E-state index in [1.54, 1.807) is 4.57 Å². The topological polar surface area (TPSA) is 80.0 Å². The Kier molecular flexibility index (Phi) is 2.20. The minimum atomic E-state index is -1.01. The van der Waals surface area contributed by atoms with Crippen LogP contribution in [0.3, 0.4) is 0 Å². The first-order chi connectivity index (χ1) is 6.74. The fraction of sp³-hybridized carbons (Fsp3) is 0.625. The molecule has 0 aromatic carbocycles. The molecule has 2 N–H and O–H groups in total. The number of rotatable bonds is 2. The molecular weight excluding hydrogens is 184 g/mol. The van der Waals surface area contributed by atoms with Crippen molar-refractivity contribution < 1.29 is 9.90 Å². The number of hydrogen-bond donors (Lipinski definition) is 2. The molecule has 0 saturated heterocycles. The summed E-state index contributed by atoms with van der Waals surface area (Å²) in [6.07, 6.45) is 0.887. The molecule has 1 aliphatic rings. The van der Waals surface area contributed by atoms with Gasteiger partial charge in [0.1, 0.15) is 0 Å². The highest BCUT2D eigenvalue weighted by molar-refractivity contribution is 5.83. The zero-order valence-electron chi connectivity index (χ0n) is 7.90. The van der Waals surface area contributed by atoms with Crippen LogP contribution in [0.1, 0.15) is 35.8 Å². The van der Waals surface area contributed by atoms with Gasteiger partial charge in [-0.3, -0.25) is 0 Å². The molecule has 2 heterocycles. The lowest BCUT2D eigenvalue weighted by Crippen LogP contribution is -2.34. The maximum Gasteiger partial charge on any atom is 0.374 e. The Bertz CT molecular complexity index is 360. The van der Waals surface area contributed by atoms with Crippen LogP contribution >= 0.6 is 0 Å². The Balaban J connectivity index is 2.42. The van der Waals surface area contributed by atoms with E-state index in [0.717, 1.165) is 18.8 Å². The SMILES string of the molecule is CCC1NCCn2c(C(=O)O)nnc21. The van der Waals surface area contributed by atoms with Gasteiger partial charge in [-0.15, -0.1) is 10.2 Å². The third-order valence-electron chi connectivity index (χ3n) is 2.42. The van der Waals surface area contributed by atoms with E-state index in [4.69, 9.17) is 5.11 Å². The minimum absolute atomic E-state index is 0.0416. The molecule has 76 valence electrons. The molecule has 1 aromatic rings. The summed E-state index contributed by atoms with van der Waals surface area (Å²) in [5, 5.41) is 19.7. The first kappa shape index (κ1) is 9.14. The van der Waals surface area contributed by atoms with Crippen LogP contribution in [0.5, 0.6) is 0 Å². The number of nitrogens with zero attached hydrogens (tertiary/aromatic N) is 3. The minimum Gasteiger partial charge on any atom is -0.475 e. The van der Waals surface area contributed by atoms with Crippen molar-refractivity contribution in [2.45, 2.75) is 25.9 Å². The van der Waals surface area contributed by atoms with E-state index in [-0.39, 0.29) is 11.9 Å². The summed E-state index contributed by atoms with van der Waals surface area (Å²) in [5.41, 5.74) is 0. The van der Waals surface area contributed by atoms with E-state index in [1.165, 1.54) is 0 Å². The second-order valence-electron chi connectivity index (χ2n) is 3.25. The first-order valence-corrected chi connectivity index (χ1v) is 4.63. The van der Waals surface area contributed by atoms with Crippen molar-refractivity contribution in [2.75, 3.05) is 6.54 Å². The van der Waals surface area contributed by atoms with Crippen LogP contribution in [0.15, 0.2) is 0 Å². The van der Waals surface area contributed by atoms with E-state index in [9.17, 15) is 4.79 Å². The molecule has 0 spiro atoms. The van der Waals surface area contributed by atoms with Crippen LogP contribution in [0, 0.1) is 0 Å². The van der Waals surface area contributed by atoms with Crippen molar-refractivity contribution in [1.29, 1.82) is 0 Å². The molecule has 6 heteroatoms. The second-order valence-corrected chi connectivity index (χ2v) is 3.25. The molecule has 0 radical (unpaired) electrons. The summed E-state index contributed by atoms with van der Waals surface area (Å²) in [7, 11) is 0. The first-order valence-electron chi connectivity index (χ1n) is 4.63. The molecule has 2 rings (SSSR count). The number of carbonyl (C=O) groups is 1. The molecule has 1 aliphatic heterocycles. The summed E-state index contributed by atoms with van der Waals surface area (Å²) < 4.78 is 1.67. The van der Waals surface area contributed by atoms with E-state index < -0.39 is 5.97 Å². The molecule has 1 atom stereocenters. The average molecular weight is 196 g/mol. The van der Waals surface area contributed by atoms with Crippen LogP contribution in [-0.4, -0.2) is 32.4 Å². The monoisotopic (exact) mass is 196 g/mol. The zero-order valence-corrected chi connectivity index (χ0v) is 7.90. The number of carboxylic acids is 1. The number of aromatic carboxylic acids is 1. The van der Waals surface area contributed by atoms with Gasteiger partial charge in [0.15, 0.2) is 5.82 Å². The standard InChI is InChI=1S/C8H12N4O2/c1-2-5-6-10-11-7(8(13)14)12(6)4-3-9-5/h5,9H,2-4H2,1H3,(H,13,14). The van der Waals surface area contributed by atoms with Crippen LogP contribution in [0.25, 0.3) is 0 Å². The number of fused-ring (bicyclic) bond motifs is 1. The van der Waals surface area contributed by atoms with Gasteiger partial charge in [-0.1, -0.05) is 6.92 Å². The van der Waals surface area contributed by atoms with Crippen LogP contribution in [0.2, 0.25) is 0 Å². The fourth-order valence-corrected chi connectivity index (χ4v) is 1.72. The summed E-state index contributed by atoms with van der Waals surface area (Å²) in [6, 6.07) is 0.129. The third-order valence-corrected chi connectivity index (χ3v) is 2.42. The van der Waals surface area contributed by atoms with Gasteiger partial charge >= 0.3 is 5.97 Å². The summed E-state index contributed by atoms with van der Waals surface area (Å²) in [5.74, 6) is -0.239. The number of aromatic nitrogens is 3. The van der Waals surface area contributed by atoms with Crippen LogP contribution in [-0.2, 0) is 6.54 Å². The highest BCUT2D eigenvalue weighted by atomic mass is 16.4. The van der Waals surface area contributed by atoms with E-state index in [2.05, 4.69) is 15.5 Å². The zero-order chi connectivity index (χ0) is 10.1. The van der Waals surface area contributed by atoms with Crippen molar-refractivity contribution in [3.05, 3.63) is 11.6 Å². The highest BCUT2D eigenvalue weighted by Gasteiger charge is 2.25. The fourth-order valence-electron chi connectivity index (χ4n) is 1.72. The van der Waals surface area contributed by atoms with Crippen LogP contribution in [0.4, 0.5) is 0 Å². The van der Waals surface area contributed by atoms with Crippen molar-refractivity contribution in [2.24, 2.45) is 0 Å². The van der Waals surface area contributed by atoms with Crippen molar-refractivity contribution >= 4 is 5.97 Å². The predicted octanol–water partition coefficient (Wildman–Crippen LogP) is 0.0306. The van der Waals surface area contributed by atoms with Gasteiger partial charge in [0.05, 0.1) is 6.04 Å². The average Bonchev–Trinajstić information content (AvgIpc) is 2.60. The smallest absolute Gasteiger partial charge is 0.374 e. The largest absolute Gasteiger partial charge is 0.475 e. The van der Waals surface area contributed by atoms with Gasteiger partial charge < -0.3 is 15.0 Å². The van der Waals surface area contributed by atoms with Gasteiger partial charge in [0.2, 0.25) is 5.82 Å². The molecule has 0 fully saturated rings. The van der Waals surface area contributed by atoms with E-state index in [0.29, 0.717) is 6.54 Å². The van der Waals surface area contributed by atoms with Crippen molar-refractivity contribution in [3.63, 3.8) is 0 Å². The Morgan fingerprint density at radius 2 is 2.50 bits per heavy atom. The number of carboxylic acid groups (broad SMARTS) is 1. The Labute approximate surface area is 80.9 Å². The number of hydrogen-bond acceptors (Lipinski definition) is 4. The summed E-state index contributed by atoms with van der Waals surface area (Å²) in [6.45, 7) is 3.42. The molecular formula is C8H12N4O2. The highest BCUT2D eigenvalue weighted by Crippen LogP contribution is 2.18. The second kappa shape index (κ2) is 3.38. The molecule has 0 saturated carbocycles. The van der Waals surface area contributed by atoms with Gasteiger partial charge in [-0.25, -0.2) is 4.79 Å². The maximum atomic E-state index is 10.8. The van der Waals surface area contributed by atoms with Gasteiger partial charge in [0.25, 0.3) is 0 Å². The van der Waals surface area contributed by atoms with E-state index >= 15 is 0 Å². The molecule has 0 aliphatic carbocycles. The lowest BCUT2D eigenvalue weighted by molar-refractivity contribution is 0.0676. The Hall–Kier alpha value is -1.43. The summed E-state index contributed by atoms with van der Waals surface area (Å²) in [4.78, 5) is 10.8. The van der Waals surface area contributed by atoms with Gasteiger partial charge in [-0.05, 0) is 6.42 Å². The third kappa shape index (κ3) is 1.27. The van der Waals surface area contributed by atoms with Crippen LogP contribution < -0.4 is 5.32 Å². The van der Waals surface area contributed by atoms with Gasteiger partial charge in [0, 0.05) is 13.1 Å². The van der Waals surface area contributed by atoms with Gasteiger partial charge in [-0.2, -0.15) is 0 Å². The molecule has 1 unspecified atom stereocenters. The van der Waals surface area contributed by atoms with Crippen molar-refractivity contribution in [3.8, 4) is 0 Å². The normalized spacial score (nSPS) is 20.5. The lowest BCUT2D eigenvalue weighted by Gasteiger charge is -2.23. The summed E-state index contributed by atoms with van der Waals surface area (Å²) >= 11 is 0. The molecule has 14 heavy (non-hydrogen) atoms.